The number of thiophene rings is 1. The van der Waals surface area contributed by atoms with Crippen LogP contribution in [0.3, 0.4) is 0 Å². The fourth-order valence-corrected chi connectivity index (χ4v) is 4.86. The van der Waals surface area contributed by atoms with E-state index in [0.29, 0.717) is 4.88 Å². The van der Waals surface area contributed by atoms with Gasteiger partial charge >= 0.3 is 5.97 Å². The van der Waals surface area contributed by atoms with Gasteiger partial charge < -0.3 is 10.1 Å². The third-order valence-electron chi connectivity index (χ3n) is 4.09. The molecule has 0 aliphatic heterocycles. The summed E-state index contributed by atoms with van der Waals surface area (Å²) in [7, 11) is -3.48. The zero-order valence-corrected chi connectivity index (χ0v) is 15.9. The Balaban J connectivity index is 1.61. The van der Waals surface area contributed by atoms with Crippen molar-refractivity contribution in [2.75, 3.05) is 18.2 Å². The van der Waals surface area contributed by atoms with Gasteiger partial charge in [0.25, 0.3) is 5.91 Å². The van der Waals surface area contributed by atoms with E-state index in [1.54, 1.807) is 12.1 Å². The number of hydrogen-bond acceptors (Lipinski definition) is 6. The Hall–Kier alpha value is -2.19. The normalized spacial score (nSPS) is 13.7. The molecule has 0 saturated heterocycles. The van der Waals surface area contributed by atoms with E-state index in [9.17, 15) is 18.0 Å². The molecule has 1 heterocycles. The van der Waals surface area contributed by atoms with E-state index in [0.717, 1.165) is 31.9 Å². The van der Waals surface area contributed by atoms with E-state index in [4.69, 9.17) is 4.74 Å². The van der Waals surface area contributed by atoms with Crippen molar-refractivity contribution < 1.29 is 22.7 Å². The third kappa shape index (κ3) is 4.31. The third-order valence-corrected chi connectivity index (χ3v) is 6.46. The highest BCUT2D eigenvalue weighted by atomic mass is 32.2. The summed E-state index contributed by atoms with van der Waals surface area (Å²) >= 11 is 1.42. The molecule has 2 aromatic rings. The summed E-state index contributed by atoms with van der Waals surface area (Å²) in [5.74, 6) is -1.12. The summed E-state index contributed by atoms with van der Waals surface area (Å²) in [4.78, 5) is 25.9. The second-order valence-electron chi connectivity index (χ2n) is 6.16. The first-order valence-corrected chi connectivity index (χ1v) is 10.9. The minimum Gasteiger partial charge on any atom is -0.451 e. The van der Waals surface area contributed by atoms with Crippen molar-refractivity contribution in [1.82, 2.24) is 0 Å². The highest BCUT2D eigenvalue weighted by Gasteiger charge is 2.20. The monoisotopic (exact) mass is 393 g/mol. The van der Waals surface area contributed by atoms with Gasteiger partial charge in [0.05, 0.1) is 10.6 Å². The number of amides is 1. The number of fused-ring (bicyclic) bond motifs is 1. The quantitative estimate of drug-likeness (QED) is 0.789. The van der Waals surface area contributed by atoms with E-state index in [-0.39, 0.29) is 10.6 Å². The topological polar surface area (TPSA) is 89.5 Å². The number of para-hydroxylation sites is 1. The second-order valence-corrected chi connectivity index (χ2v) is 9.28. The highest BCUT2D eigenvalue weighted by molar-refractivity contribution is 7.90. The number of sulfone groups is 1. The molecule has 3 rings (SSSR count). The van der Waals surface area contributed by atoms with Crippen LogP contribution in [0.5, 0.6) is 0 Å². The molecule has 138 valence electrons. The molecule has 1 amide bonds. The predicted molar refractivity (Wildman–Crippen MR) is 99.4 cm³/mol. The number of hydrogen-bond donors (Lipinski definition) is 1. The summed E-state index contributed by atoms with van der Waals surface area (Å²) in [5, 5.41) is 2.48. The number of esters is 1. The Morgan fingerprint density at radius 1 is 1.19 bits per heavy atom. The van der Waals surface area contributed by atoms with E-state index in [1.165, 1.54) is 33.9 Å². The van der Waals surface area contributed by atoms with Gasteiger partial charge in [0.2, 0.25) is 0 Å². The van der Waals surface area contributed by atoms with Crippen LogP contribution in [0.15, 0.2) is 35.2 Å². The lowest BCUT2D eigenvalue weighted by Crippen LogP contribution is -2.21. The summed E-state index contributed by atoms with van der Waals surface area (Å²) in [6.07, 6.45) is 5.28. The van der Waals surface area contributed by atoms with Crippen LogP contribution in [0, 0.1) is 0 Å². The lowest BCUT2D eigenvalue weighted by atomic mass is 9.99. The zero-order valence-electron chi connectivity index (χ0n) is 14.3. The molecule has 8 heteroatoms. The standard InChI is InChI=1S/C18H19NO5S2/c1-26(22,23)16-9-5-3-7-13(16)19-17(20)11-24-18(21)15-10-12-6-2-4-8-14(12)25-15/h3,5,7,9-10H,2,4,6,8,11H2,1H3,(H,19,20). The molecule has 0 fully saturated rings. The van der Waals surface area contributed by atoms with Crippen LogP contribution in [-0.4, -0.2) is 33.2 Å². The Kier molecular flexibility index (Phi) is 5.43. The van der Waals surface area contributed by atoms with Crippen molar-refractivity contribution in [3.05, 3.63) is 45.6 Å². The molecule has 0 unspecified atom stereocenters. The summed E-state index contributed by atoms with van der Waals surface area (Å²) in [6.45, 7) is -0.473. The van der Waals surface area contributed by atoms with Crippen LogP contribution in [-0.2, 0) is 32.2 Å². The molecule has 0 atom stereocenters. The van der Waals surface area contributed by atoms with Gasteiger partial charge in [0.1, 0.15) is 4.88 Å². The first kappa shape index (κ1) is 18.6. The van der Waals surface area contributed by atoms with Gasteiger partial charge in [-0.05, 0) is 49.4 Å². The maximum Gasteiger partial charge on any atom is 0.348 e. The summed E-state index contributed by atoms with van der Waals surface area (Å²) in [5.41, 5.74) is 1.36. The van der Waals surface area contributed by atoms with E-state index < -0.39 is 28.3 Å². The van der Waals surface area contributed by atoms with Crippen LogP contribution in [0.25, 0.3) is 0 Å². The number of carbonyl (C=O) groups is 2. The van der Waals surface area contributed by atoms with Crippen molar-refractivity contribution in [3.8, 4) is 0 Å². The minimum atomic E-state index is -3.48. The van der Waals surface area contributed by atoms with Crippen molar-refractivity contribution >= 4 is 38.7 Å². The first-order valence-electron chi connectivity index (χ1n) is 8.22. The molecular formula is C18H19NO5S2. The summed E-state index contributed by atoms with van der Waals surface area (Å²) < 4.78 is 28.6. The molecule has 6 nitrogen and oxygen atoms in total. The Morgan fingerprint density at radius 2 is 1.92 bits per heavy atom. The Bertz CT molecular complexity index is 923. The first-order chi connectivity index (χ1) is 12.3. The molecule has 1 aliphatic carbocycles. The van der Waals surface area contributed by atoms with Crippen LogP contribution < -0.4 is 5.32 Å². The van der Waals surface area contributed by atoms with Gasteiger partial charge in [-0.1, -0.05) is 12.1 Å². The Morgan fingerprint density at radius 3 is 2.65 bits per heavy atom. The number of nitrogens with one attached hydrogen (secondary N) is 1. The fraction of sp³-hybridized carbons (Fsp3) is 0.333. The van der Waals surface area contributed by atoms with E-state index >= 15 is 0 Å². The average Bonchev–Trinajstić information content (AvgIpc) is 3.03. The number of carbonyl (C=O) groups excluding carboxylic acids is 2. The van der Waals surface area contributed by atoms with Gasteiger partial charge in [-0.2, -0.15) is 0 Å². The van der Waals surface area contributed by atoms with Crippen LogP contribution in [0.4, 0.5) is 5.69 Å². The maximum absolute atomic E-state index is 12.2. The van der Waals surface area contributed by atoms with Gasteiger partial charge in [0, 0.05) is 11.1 Å². The molecule has 0 spiro atoms. The molecule has 1 aromatic heterocycles. The fourth-order valence-electron chi connectivity index (χ4n) is 2.87. The predicted octanol–water partition coefficient (Wildman–Crippen LogP) is 2.83. The number of ether oxygens (including phenoxy) is 1. The van der Waals surface area contributed by atoms with Crippen molar-refractivity contribution in [1.29, 1.82) is 0 Å². The molecule has 0 radical (unpaired) electrons. The van der Waals surface area contributed by atoms with Crippen LogP contribution in [0.1, 0.15) is 33.0 Å². The number of aryl methyl sites for hydroxylation is 2. The molecule has 26 heavy (non-hydrogen) atoms. The van der Waals surface area contributed by atoms with Gasteiger partial charge in [-0.3, -0.25) is 4.79 Å². The number of anilines is 1. The SMILES string of the molecule is CS(=O)(=O)c1ccccc1NC(=O)COC(=O)c1cc2c(s1)CCCC2. The van der Waals surface area contributed by atoms with Crippen LogP contribution in [0.2, 0.25) is 0 Å². The zero-order chi connectivity index (χ0) is 18.7. The number of benzene rings is 1. The van der Waals surface area contributed by atoms with Gasteiger partial charge in [0.15, 0.2) is 16.4 Å². The average molecular weight is 393 g/mol. The molecular weight excluding hydrogens is 374 g/mol. The smallest absolute Gasteiger partial charge is 0.348 e. The molecule has 0 saturated carbocycles. The van der Waals surface area contributed by atoms with Crippen LogP contribution >= 0.6 is 11.3 Å². The van der Waals surface area contributed by atoms with E-state index in [1.807, 2.05) is 6.07 Å². The number of rotatable bonds is 5. The molecule has 1 N–H and O–H groups in total. The molecule has 1 aliphatic rings. The minimum absolute atomic E-state index is 0.0191. The van der Waals surface area contributed by atoms with Gasteiger partial charge in [-0.15, -0.1) is 11.3 Å². The maximum atomic E-state index is 12.2. The lowest BCUT2D eigenvalue weighted by molar-refractivity contribution is -0.119. The van der Waals surface area contributed by atoms with E-state index in [2.05, 4.69) is 5.32 Å². The van der Waals surface area contributed by atoms with Crippen molar-refractivity contribution in [2.24, 2.45) is 0 Å². The summed E-state index contributed by atoms with van der Waals surface area (Å²) in [6, 6.07) is 7.94. The largest absolute Gasteiger partial charge is 0.451 e. The van der Waals surface area contributed by atoms with Gasteiger partial charge in [-0.25, -0.2) is 13.2 Å². The molecule has 1 aromatic carbocycles. The van der Waals surface area contributed by atoms with Crippen molar-refractivity contribution in [2.45, 2.75) is 30.6 Å². The highest BCUT2D eigenvalue weighted by Crippen LogP contribution is 2.30. The van der Waals surface area contributed by atoms with Crippen molar-refractivity contribution in [3.63, 3.8) is 0 Å². The molecule has 0 bridgehead atoms. The Labute approximate surface area is 156 Å². The second kappa shape index (κ2) is 7.59. The lowest BCUT2D eigenvalue weighted by Gasteiger charge is -2.09.